The van der Waals surface area contributed by atoms with Crippen LogP contribution >= 0.6 is 0 Å². The fraction of sp³-hybridized carbons (Fsp3) is 0.533. The fourth-order valence-corrected chi connectivity index (χ4v) is 2.30. The molecule has 2 atom stereocenters. The van der Waals surface area contributed by atoms with Gasteiger partial charge in [0.1, 0.15) is 11.8 Å². The summed E-state index contributed by atoms with van der Waals surface area (Å²) in [4.78, 5) is 0. The summed E-state index contributed by atoms with van der Waals surface area (Å²) >= 11 is 0. The van der Waals surface area contributed by atoms with Gasteiger partial charge in [0.05, 0.1) is 13.2 Å². The monoisotopic (exact) mass is 275 g/mol. The molecular formula is C15H21N3O2. The normalized spacial score (nSPS) is 19.9. The summed E-state index contributed by atoms with van der Waals surface area (Å²) in [5.74, 6) is 0.715. The first kappa shape index (κ1) is 14.6. The van der Waals surface area contributed by atoms with E-state index < -0.39 is 0 Å². The highest BCUT2D eigenvalue weighted by Gasteiger charge is 2.16. The van der Waals surface area contributed by atoms with Crippen LogP contribution in [0, 0.1) is 11.3 Å². The number of nitrogens with one attached hydrogen (secondary N) is 2. The van der Waals surface area contributed by atoms with Gasteiger partial charge in [-0.25, -0.2) is 0 Å². The van der Waals surface area contributed by atoms with Gasteiger partial charge in [-0.1, -0.05) is 0 Å². The highest BCUT2D eigenvalue weighted by molar-refractivity contribution is 5.47. The minimum atomic E-state index is 0.0799. The summed E-state index contributed by atoms with van der Waals surface area (Å²) in [7, 11) is 0. The van der Waals surface area contributed by atoms with E-state index in [9.17, 15) is 0 Å². The van der Waals surface area contributed by atoms with Crippen molar-refractivity contribution in [1.82, 2.24) is 5.32 Å². The van der Waals surface area contributed by atoms with Crippen molar-refractivity contribution in [3.05, 3.63) is 24.3 Å². The molecule has 1 heterocycles. The van der Waals surface area contributed by atoms with Gasteiger partial charge in [-0.05, 0) is 37.6 Å². The summed E-state index contributed by atoms with van der Waals surface area (Å²) in [5, 5.41) is 15.4. The van der Waals surface area contributed by atoms with Gasteiger partial charge in [0.15, 0.2) is 6.61 Å². The Labute approximate surface area is 119 Å². The maximum Gasteiger partial charge on any atom is 0.174 e. The van der Waals surface area contributed by atoms with Crippen molar-refractivity contribution >= 4 is 5.69 Å². The molecule has 0 bridgehead atoms. The molecule has 0 spiro atoms. The first-order chi connectivity index (χ1) is 9.78. The number of morpholine rings is 1. The molecule has 108 valence electrons. The van der Waals surface area contributed by atoms with Crippen molar-refractivity contribution in [2.24, 2.45) is 0 Å². The second-order valence-electron chi connectivity index (χ2n) is 4.98. The SMILES string of the molecule is CC(CC1COCCN1)Nc1ccc(OCC#N)cc1. The summed E-state index contributed by atoms with van der Waals surface area (Å²) in [6.45, 7) is 4.77. The Morgan fingerprint density at radius 3 is 2.95 bits per heavy atom. The van der Waals surface area contributed by atoms with Gasteiger partial charge in [0.25, 0.3) is 0 Å². The lowest BCUT2D eigenvalue weighted by Crippen LogP contribution is -2.43. The summed E-state index contributed by atoms with van der Waals surface area (Å²) in [5.41, 5.74) is 1.05. The van der Waals surface area contributed by atoms with Crippen molar-refractivity contribution in [2.45, 2.75) is 25.4 Å². The van der Waals surface area contributed by atoms with Gasteiger partial charge in [0, 0.05) is 24.3 Å². The Kier molecular flexibility index (Phi) is 5.66. The zero-order chi connectivity index (χ0) is 14.2. The zero-order valence-corrected chi connectivity index (χ0v) is 11.8. The van der Waals surface area contributed by atoms with E-state index in [1.54, 1.807) is 0 Å². The molecule has 0 saturated carbocycles. The Bertz CT molecular complexity index is 435. The van der Waals surface area contributed by atoms with E-state index in [0.29, 0.717) is 17.8 Å². The van der Waals surface area contributed by atoms with Gasteiger partial charge >= 0.3 is 0 Å². The number of nitrogens with zero attached hydrogens (tertiary/aromatic N) is 1. The average molecular weight is 275 g/mol. The van der Waals surface area contributed by atoms with E-state index in [-0.39, 0.29) is 6.61 Å². The minimum Gasteiger partial charge on any atom is -0.479 e. The second kappa shape index (κ2) is 7.73. The van der Waals surface area contributed by atoms with E-state index >= 15 is 0 Å². The quantitative estimate of drug-likeness (QED) is 0.828. The lowest BCUT2D eigenvalue weighted by molar-refractivity contribution is 0.0731. The number of hydrogen-bond donors (Lipinski definition) is 2. The standard InChI is InChI=1S/C15H21N3O2/c1-12(10-14-11-19-9-7-17-14)18-13-2-4-15(5-3-13)20-8-6-16/h2-5,12,14,17-18H,7-11H2,1H3. The number of ether oxygens (including phenoxy) is 2. The summed E-state index contributed by atoms with van der Waals surface area (Å²) < 4.78 is 10.7. The van der Waals surface area contributed by atoms with Crippen molar-refractivity contribution < 1.29 is 9.47 Å². The van der Waals surface area contributed by atoms with Crippen molar-refractivity contribution in [3.63, 3.8) is 0 Å². The van der Waals surface area contributed by atoms with Gasteiger partial charge in [0.2, 0.25) is 0 Å². The molecule has 5 nitrogen and oxygen atoms in total. The first-order valence-electron chi connectivity index (χ1n) is 6.95. The van der Waals surface area contributed by atoms with Crippen molar-refractivity contribution in [1.29, 1.82) is 5.26 Å². The van der Waals surface area contributed by atoms with Crippen LogP contribution in [0.15, 0.2) is 24.3 Å². The third kappa shape index (κ3) is 4.72. The van der Waals surface area contributed by atoms with Crippen LogP contribution in [0.3, 0.4) is 0 Å². The van der Waals surface area contributed by atoms with E-state index in [1.807, 2.05) is 30.3 Å². The Balaban J connectivity index is 1.78. The summed E-state index contributed by atoms with van der Waals surface area (Å²) in [6, 6.07) is 10.4. The average Bonchev–Trinajstić information content (AvgIpc) is 2.47. The predicted molar refractivity (Wildman–Crippen MR) is 77.9 cm³/mol. The third-order valence-corrected chi connectivity index (χ3v) is 3.21. The van der Waals surface area contributed by atoms with E-state index in [4.69, 9.17) is 14.7 Å². The molecule has 5 heteroatoms. The Morgan fingerprint density at radius 2 is 2.30 bits per heavy atom. The zero-order valence-electron chi connectivity index (χ0n) is 11.8. The molecule has 2 rings (SSSR count). The Hall–Kier alpha value is -1.77. The highest BCUT2D eigenvalue weighted by atomic mass is 16.5. The number of hydrogen-bond acceptors (Lipinski definition) is 5. The topological polar surface area (TPSA) is 66.3 Å². The smallest absolute Gasteiger partial charge is 0.174 e. The predicted octanol–water partition coefficient (Wildman–Crippen LogP) is 1.77. The fourth-order valence-electron chi connectivity index (χ4n) is 2.30. The lowest BCUT2D eigenvalue weighted by atomic mass is 10.1. The Morgan fingerprint density at radius 1 is 1.50 bits per heavy atom. The molecule has 0 radical (unpaired) electrons. The molecule has 2 unspecified atom stereocenters. The van der Waals surface area contributed by atoms with Crippen molar-refractivity contribution in [2.75, 3.05) is 31.7 Å². The third-order valence-electron chi connectivity index (χ3n) is 3.21. The van der Waals surface area contributed by atoms with Crippen LogP contribution in [0.4, 0.5) is 5.69 Å². The van der Waals surface area contributed by atoms with Gasteiger partial charge < -0.3 is 20.1 Å². The number of benzene rings is 1. The molecule has 1 aromatic rings. The van der Waals surface area contributed by atoms with Crippen molar-refractivity contribution in [3.8, 4) is 11.8 Å². The van der Waals surface area contributed by atoms with Crippen LogP contribution in [-0.2, 0) is 4.74 Å². The van der Waals surface area contributed by atoms with Crippen LogP contribution in [0.25, 0.3) is 0 Å². The molecule has 0 aliphatic carbocycles. The van der Waals surface area contributed by atoms with E-state index in [2.05, 4.69) is 17.6 Å². The lowest BCUT2D eigenvalue weighted by Gasteiger charge is -2.27. The van der Waals surface area contributed by atoms with Crippen LogP contribution in [0.1, 0.15) is 13.3 Å². The molecular weight excluding hydrogens is 254 g/mol. The molecule has 2 N–H and O–H groups in total. The number of anilines is 1. The van der Waals surface area contributed by atoms with E-state index in [1.165, 1.54) is 0 Å². The van der Waals surface area contributed by atoms with Gasteiger partial charge in [-0.2, -0.15) is 5.26 Å². The first-order valence-corrected chi connectivity index (χ1v) is 6.95. The largest absolute Gasteiger partial charge is 0.479 e. The maximum absolute atomic E-state index is 8.45. The molecule has 1 aromatic carbocycles. The van der Waals surface area contributed by atoms with Gasteiger partial charge in [-0.15, -0.1) is 0 Å². The van der Waals surface area contributed by atoms with E-state index in [0.717, 1.165) is 31.9 Å². The molecule has 20 heavy (non-hydrogen) atoms. The summed E-state index contributed by atoms with van der Waals surface area (Å²) in [6.07, 6.45) is 1.02. The minimum absolute atomic E-state index is 0.0799. The molecule has 0 amide bonds. The second-order valence-corrected chi connectivity index (χ2v) is 4.98. The molecule has 1 aliphatic rings. The highest BCUT2D eigenvalue weighted by Crippen LogP contribution is 2.17. The molecule has 1 aliphatic heterocycles. The molecule has 1 saturated heterocycles. The van der Waals surface area contributed by atoms with Gasteiger partial charge in [-0.3, -0.25) is 0 Å². The number of rotatable bonds is 6. The van der Waals surface area contributed by atoms with Crippen LogP contribution in [0.5, 0.6) is 5.75 Å². The maximum atomic E-state index is 8.45. The molecule has 1 fully saturated rings. The number of nitriles is 1. The van der Waals surface area contributed by atoms with Crippen LogP contribution in [-0.4, -0.2) is 38.4 Å². The molecule has 0 aromatic heterocycles. The van der Waals surface area contributed by atoms with Crippen LogP contribution < -0.4 is 15.4 Å². The van der Waals surface area contributed by atoms with Crippen LogP contribution in [0.2, 0.25) is 0 Å².